The topological polar surface area (TPSA) is 43.4 Å². The van der Waals surface area contributed by atoms with Crippen molar-refractivity contribution in [3.05, 3.63) is 75.5 Å². The second-order valence-corrected chi connectivity index (χ2v) is 9.46. The van der Waals surface area contributed by atoms with Crippen LogP contribution in [0.1, 0.15) is 55.0 Å². The number of ketones is 1. The molecule has 0 bridgehead atoms. The standard InChI is InChI=1S/C26H28F2O3/c1-14-7-15(2)22(16(3)8-14)23-21(31-25(30)26(4,5)6)12-18(24(23)29)9-17-10-19(27)13-20(28)11-17/h7-8,10-11,13,18H,9,12H2,1-6H3. The summed E-state index contributed by atoms with van der Waals surface area (Å²) >= 11 is 0. The molecule has 0 fully saturated rings. The average Bonchev–Trinajstić information content (AvgIpc) is 2.88. The molecule has 2 aromatic carbocycles. The minimum Gasteiger partial charge on any atom is -0.430 e. The van der Waals surface area contributed by atoms with E-state index in [1.54, 1.807) is 20.8 Å². The van der Waals surface area contributed by atoms with Crippen LogP contribution in [0.2, 0.25) is 0 Å². The molecule has 0 saturated carbocycles. The van der Waals surface area contributed by atoms with E-state index < -0.39 is 28.9 Å². The molecule has 164 valence electrons. The highest BCUT2D eigenvalue weighted by molar-refractivity contribution is 6.25. The zero-order valence-electron chi connectivity index (χ0n) is 18.9. The summed E-state index contributed by atoms with van der Waals surface area (Å²) in [6, 6.07) is 7.25. The molecule has 3 nitrogen and oxygen atoms in total. The third-order valence-corrected chi connectivity index (χ3v) is 5.49. The number of halogens is 2. The first-order chi connectivity index (χ1) is 14.4. The molecule has 0 heterocycles. The van der Waals surface area contributed by atoms with Crippen LogP contribution in [0.3, 0.4) is 0 Å². The van der Waals surface area contributed by atoms with Crippen LogP contribution in [0.15, 0.2) is 36.1 Å². The van der Waals surface area contributed by atoms with E-state index in [1.165, 1.54) is 12.1 Å². The first-order valence-electron chi connectivity index (χ1n) is 10.4. The first-order valence-corrected chi connectivity index (χ1v) is 10.4. The van der Waals surface area contributed by atoms with Gasteiger partial charge in [0.2, 0.25) is 0 Å². The van der Waals surface area contributed by atoms with E-state index in [2.05, 4.69) is 0 Å². The highest BCUT2D eigenvalue weighted by Gasteiger charge is 2.38. The van der Waals surface area contributed by atoms with Gasteiger partial charge in [-0.3, -0.25) is 9.59 Å². The Balaban J connectivity index is 2.04. The van der Waals surface area contributed by atoms with Crippen LogP contribution < -0.4 is 0 Å². The molecule has 0 aliphatic heterocycles. The summed E-state index contributed by atoms with van der Waals surface area (Å²) in [4.78, 5) is 26.1. The smallest absolute Gasteiger partial charge is 0.316 e. The number of aryl methyl sites for hydroxylation is 3. The fourth-order valence-electron chi connectivity index (χ4n) is 4.13. The van der Waals surface area contributed by atoms with Gasteiger partial charge in [-0.25, -0.2) is 8.78 Å². The van der Waals surface area contributed by atoms with Crippen molar-refractivity contribution in [2.45, 2.75) is 54.4 Å². The van der Waals surface area contributed by atoms with Crippen molar-refractivity contribution < 1.29 is 23.1 Å². The molecule has 31 heavy (non-hydrogen) atoms. The van der Waals surface area contributed by atoms with Crippen LogP contribution in [-0.4, -0.2) is 11.8 Å². The Morgan fingerprint density at radius 1 is 1.00 bits per heavy atom. The molecule has 0 aromatic heterocycles. The monoisotopic (exact) mass is 426 g/mol. The number of benzene rings is 2. The van der Waals surface area contributed by atoms with E-state index in [1.807, 2.05) is 32.9 Å². The lowest BCUT2D eigenvalue weighted by molar-refractivity contribution is -0.148. The quantitative estimate of drug-likeness (QED) is 0.561. The summed E-state index contributed by atoms with van der Waals surface area (Å²) in [5.74, 6) is -2.18. The molecule has 1 unspecified atom stereocenters. The number of hydrogen-bond acceptors (Lipinski definition) is 3. The lowest BCUT2D eigenvalue weighted by atomic mass is 9.89. The van der Waals surface area contributed by atoms with E-state index in [9.17, 15) is 18.4 Å². The number of Topliss-reactive ketones (excluding diaryl/α,β-unsaturated/α-hetero) is 1. The zero-order chi connectivity index (χ0) is 23.1. The molecule has 1 atom stereocenters. The Kier molecular flexibility index (Phi) is 6.17. The maximum absolute atomic E-state index is 13.7. The van der Waals surface area contributed by atoms with E-state index in [4.69, 9.17) is 4.74 Å². The lowest BCUT2D eigenvalue weighted by Crippen LogP contribution is -2.22. The first kappa shape index (κ1) is 22.9. The number of ether oxygens (including phenoxy) is 1. The lowest BCUT2D eigenvalue weighted by Gasteiger charge is -2.18. The van der Waals surface area contributed by atoms with Gasteiger partial charge in [-0.15, -0.1) is 0 Å². The summed E-state index contributed by atoms with van der Waals surface area (Å²) in [5, 5.41) is 0. The summed E-state index contributed by atoms with van der Waals surface area (Å²) in [7, 11) is 0. The van der Waals surface area contributed by atoms with Gasteiger partial charge in [0.25, 0.3) is 0 Å². The summed E-state index contributed by atoms with van der Waals surface area (Å²) in [6.45, 7) is 11.1. The molecule has 0 spiro atoms. The molecular formula is C26H28F2O3. The van der Waals surface area contributed by atoms with Gasteiger partial charge in [-0.05, 0) is 82.3 Å². The second kappa shape index (κ2) is 8.37. The van der Waals surface area contributed by atoms with Gasteiger partial charge in [0, 0.05) is 18.4 Å². The van der Waals surface area contributed by atoms with Gasteiger partial charge in [0.1, 0.15) is 17.4 Å². The normalized spacial score (nSPS) is 16.8. The maximum Gasteiger partial charge on any atom is 0.316 e. The van der Waals surface area contributed by atoms with Crippen molar-refractivity contribution in [1.82, 2.24) is 0 Å². The van der Waals surface area contributed by atoms with Gasteiger partial charge in [0.05, 0.1) is 11.0 Å². The van der Waals surface area contributed by atoms with Crippen LogP contribution in [0.5, 0.6) is 0 Å². The largest absolute Gasteiger partial charge is 0.430 e. The number of esters is 1. The summed E-state index contributed by atoms with van der Waals surface area (Å²) in [6.07, 6.45) is 0.373. The van der Waals surface area contributed by atoms with Crippen molar-refractivity contribution in [2.75, 3.05) is 0 Å². The number of carbonyl (C=O) groups excluding carboxylic acids is 2. The highest BCUT2D eigenvalue weighted by atomic mass is 19.1. The predicted molar refractivity (Wildman–Crippen MR) is 116 cm³/mol. The third kappa shape index (κ3) is 4.92. The summed E-state index contributed by atoms with van der Waals surface area (Å²) < 4.78 is 33.1. The van der Waals surface area contributed by atoms with Gasteiger partial charge in [-0.2, -0.15) is 0 Å². The molecule has 5 heteroatoms. The van der Waals surface area contributed by atoms with Crippen LogP contribution in [0, 0.1) is 43.7 Å². The highest BCUT2D eigenvalue weighted by Crippen LogP contribution is 2.41. The second-order valence-electron chi connectivity index (χ2n) is 9.46. The minimum absolute atomic E-state index is 0.164. The van der Waals surface area contributed by atoms with Gasteiger partial charge in [-0.1, -0.05) is 17.7 Å². The fourth-order valence-corrected chi connectivity index (χ4v) is 4.13. The van der Waals surface area contributed by atoms with Crippen LogP contribution in [0.4, 0.5) is 8.78 Å². The molecule has 3 rings (SSSR count). The van der Waals surface area contributed by atoms with Crippen LogP contribution >= 0.6 is 0 Å². The van der Waals surface area contributed by atoms with Crippen molar-refractivity contribution in [1.29, 1.82) is 0 Å². The molecule has 0 amide bonds. The zero-order valence-corrected chi connectivity index (χ0v) is 18.9. The molecule has 2 aromatic rings. The SMILES string of the molecule is Cc1cc(C)c(C2=C(OC(=O)C(C)(C)C)CC(Cc3cc(F)cc(F)c3)C2=O)c(C)c1. The minimum atomic E-state index is -0.734. The number of rotatable bonds is 4. The summed E-state index contributed by atoms with van der Waals surface area (Å²) in [5.41, 5.74) is 3.74. The van der Waals surface area contributed by atoms with E-state index in [-0.39, 0.29) is 18.6 Å². The Morgan fingerprint density at radius 3 is 2.06 bits per heavy atom. The Morgan fingerprint density at radius 2 is 1.55 bits per heavy atom. The van der Waals surface area contributed by atoms with Gasteiger partial charge >= 0.3 is 5.97 Å². The van der Waals surface area contributed by atoms with Crippen molar-refractivity contribution in [3.63, 3.8) is 0 Å². The fraction of sp³-hybridized carbons (Fsp3) is 0.385. The van der Waals surface area contributed by atoms with Gasteiger partial charge < -0.3 is 4.74 Å². The molecular weight excluding hydrogens is 398 g/mol. The van der Waals surface area contributed by atoms with Gasteiger partial charge in [0.15, 0.2) is 5.78 Å². The Hall–Kier alpha value is -2.82. The van der Waals surface area contributed by atoms with Crippen molar-refractivity contribution in [2.24, 2.45) is 11.3 Å². The van der Waals surface area contributed by atoms with Crippen LogP contribution in [-0.2, 0) is 20.7 Å². The van der Waals surface area contributed by atoms with E-state index in [0.29, 0.717) is 16.9 Å². The molecule has 0 N–H and O–H groups in total. The van der Waals surface area contributed by atoms with E-state index in [0.717, 1.165) is 28.3 Å². The van der Waals surface area contributed by atoms with Crippen LogP contribution in [0.25, 0.3) is 5.57 Å². The third-order valence-electron chi connectivity index (χ3n) is 5.49. The molecule has 0 radical (unpaired) electrons. The predicted octanol–water partition coefficient (Wildman–Crippen LogP) is 6.02. The molecule has 1 aliphatic rings. The number of carbonyl (C=O) groups is 2. The maximum atomic E-state index is 13.7. The van der Waals surface area contributed by atoms with Crippen molar-refractivity contribution in [3.8, 4) is 0 Å². The number of allylic oxidation sites excluding steroid dienone is 2. The van der Waals surface area contributed by atoms with E-state index >= 15 is 0 Å². The van der Waals surface area contributed by atoms with Crippen molar-refractivity contribution >= 4 is 17.3 Å². The Labute approximate surface area is 182 Å². The number of hydrogen-bond donors (Lipinski definition) is 0. The Bertz CT molecular complexity index is 1050. The molecule has 1 aliphatic carbocycles. The average molecular weight is 427 g/mol. The molecule has 0 saturated heterocycles.